The number of rotatable bonds is 4. The van der Waals surface area contributed by atoms with Crippen LogP contribution in [0.25, 0.3) is 17.8 Å². The minimum Gasteiger partial charge on any atom is -0.461 e. The van der Waals surface area contributed by atoms with Crippen LogP contribution in [-0.4, -0.2) is 20.5 Å². The summed E-state index contributed by atoms with van der Waals surface area (Å²) in [4.78, 5) is 26.8. The first-order valence-corrected chi connectivity index (χ1v) is 8.61. The minimum atomic E-state index is -0.295. The minimum absolute atomic E-state index is 0.230. The molecule has 0 saturated heterocycles. The summed E-state index contributed by atoms with van der Waals surface area (Å²) in [6.45, 7) is 0. The van der Waals surface area contributed by atoms with Crippen LogP contribution in [-0.2, 0) is 0 Å². The first kappa shape index (κ1) is 16.0. The van der Waals surface area contributed by atoms with Crippen molar-refractivity contribution in [3.8, 4) is 5.69 Å². The Morgan fingerprint density at radius 3 is 2.81 bits per heavy atom. The molecule has 0 saturated carbocycles. The van der Waals surface area contributed by atoms with Gasteiger partial charge in [0.1, 0.15) is 0 Å². The summed E-state index contributed by atoms with van der Waals surface area (Å²) in [5.74, 6) is -0.0649. The van der Waals surface area contributed by atoms with Crippen molar-refractivity contribution >= 4 is 29.3 Å². The summed E-state index contributed by atoms with van der Waals surface area (Å²) in [6, 6.07) is 12.9. The van der Waals surface area contributed by atoms with Gasteiger partial charge in [-0.1, -0.05) is 18.2 Å². The van der Waals surface area contributed by atoms with Crippen molar-refractivity contribution < 1.29 is 9.21 Å². The highest BCUT2D eigenvalue weighted by Gasteiger charge is 2.06. The molecule has 3 aromatic heterocycles. The molecule has 0 aliphatic rings. The molecule has 0 fully saturated rings. The van der Waals surface area contributed by atoms with Gasteiger partial charge in [0, 0.05) is 17.8 Å². The van der Waals surface area contributed by atoms with Gasteiger partial charge >= 0.3 is 0 Å². The number of thiazole rings is 1. The quantitative estimate of drug-likeness (QED) is 0.560. The Hall–Kier alpha value is -3.45. The van der Waals surface area contributed by atoms with Crippen LogP contribution in [0.4, 0.5) is 0 Å². The lowest BCUT2D eigenvalue weighted by Gasteiger charge is -1.98. The summed E-state index contributed by atoms with van der Waals surface area (Å²) in [6.07, 6.45) is 8.05. The number of hydrogen-bond acceptors (Lipinski definition) is 5. The number of carbonyl (C=O) groups is 1. The largest absolute Gasteiger partial charge is 0.461 e. The van der Waals surface area contributed by atoms with Gasteiger partial charge in [-0.25, -0.2) is 4.68 Å². The van der Waals surface area contributed by atoms with Crippen LogP contribution in [0.15, 0.2) is 70.3 Å². The molecule has 3 heterocycles. The molecule has 0 aliphatic carbocycles. The zero-order valence-corrected chi connectivity index (χ0v) is 14.3. The number of ketones is 1. The first-order chi connectivity index (χ1) is 12.7. The van der Waals surface area contributed by atoms with Crippen molar-refractivity contribution in [1.29, 1.82) is 0 Å². The van der Waals surface area contributed by atoms with Crippen LogP contribution in [0, 0.1) is 0 Å². The van der Waals surface area contributed by atoms with Crippen LogP contribution in [0.1, 0.15) is 16.1 Å². The third kappa shape index (κ3) is 3.33. The zero-order valence-electron chi connectivity index (χ0n) is 13.5. The zero-order chi connectivity index (χ0) is 17.9. The van der Waals surface area contributed by atoms with Gasteiger partial charge in [-0.2, -0.15) is 5.10 Å². The van der Waals surface area contributed by atoms with E-state index in [9.17, 15) is 9.59 Å². The van der Waals surface area contributed by atoms with E-state index < -0.39 is 0 Å². The maximum Gasteiger partial charge on any atom is 0.266 e. The lowest BCUT2D eigenvalue weighted by Crippen LogP contribution is -2.19. The Morgan fingerprint density at radius 1 is 1.19 bits per heavy atom. The number of benzene rings is 1. The number of furan rings is 1. The molecule has 0 spiro atoms. The molecular formula is C19H13N3O3S. The molecule has 1 N–H and O–H groups in total. The number of nitrogens with one attached hydrogen (secondary N) is 1. The van der Waals surface area contributed by atoms with Gasteiger partial charge in [-0.15, -0.1) is 11.3 Å². The topological polar surface area (TPSA) is 80.9 Å². The molecule has 0 radical (unpaired) electrons. The summed E-state index contributed by atoms with van der Waals surface area (Å²) in [7, 11) is 0. The van der Waals surface area contributed by atoms with Gasteiger partial charge < -0.3 is 9.40 Å². The van der Waals surface area contributed by atoms with Crippen LogP contribution >= 0.6 is 11.3 Å². The van der Waals surface area contributed by atoms with Gasteiger partial charge in [0.2, 0.25) is 5.78 Å². The first-order valence-electron chi connectivity index (χ1n) is 7.79. The van der Waals surface area contributed by atoms with E-state index in [1.165, 1.54) is 23.7 Å². The molecular weight excluding hydrogens is 350 g/mol. The summed E-state index contributed by atoms with van der Waals surface area (Å²) >= 11 is 1.21. The fourth-order valence-corrected chi connectivity index (χ4v) is 3.30. The van der Waals surface area contributed by atoms with Gasteiger partial charge in [0.25, 0.3) is 5.56 Å². The molecule has 4 aromatic rings. The highest BCUT2D eigenvalue weighted by atomic mass is 32.1. The average molecular weight is 363 g/mol. The monoisotopic (exact) mass is 363 g/mol. The van der Waals surface area contributed by atoms with E-state index in [1.807, 2.05) is 36.5 Å². The maximum atomic E-state index is 12.1. The molecule has 128 valence electrons. The Balaban J connectivity index is 1.67. The van der Waals surface area contributed by atoms with Crippen LogP contribution in [0.3, 0.4) is 0 Å². The number of hydrogen-bond donors (Lipinski definition) is 1. The predicted octanol–water partition coefficient (Wildman–Crippen LogP) is 1.71. The van der Waals surface area contributed by atoms with Crippen molar-refractivity contribution in [3.05, 3.63) is 92.0 Å². The lowest BCUT2D eigenvalue weighted by atomic mass is 10.3. The maximum absolute atomic E-state index is 12.1. The third-order valence-electron chi connectivity index (χ3n) is 3.63. The number of carbonyl (C=O) groups excluding carboxylic acids is 1. The third-order valence-corrected chi connectivity index (χ3v) is 4.59. The van der Waals surface area contributed by atoms with Gasteiger partial charge in [-0.3, -0.25) is 9.59 Å². The molecule has 0 bridgehead atoms. The van der Waals surface area contributed by atoms with E-state index >= 15 is 0 Å². The predicted molar refractivity (Wildman–Crippen MR) is 98.8 cm³/mol. The number of nitrogens with zero attached hydrogens (tertiary/aromatic N) is 2. The van der Waals surface area contributed by atoms with Crippen molar-refractivity contribution in [3.63, 3.8) is 0 Å². The number of para-hydroxylation sites is 1. The van der Waals surface area contributed by atoms with E-state index in [4.69, 9.17) is 4.42 Å². The number of H-pyrrole nitrogens is 1. The fraction of sp³-hybridized carbons (Fsp3) is 0. The van der Waals surface area contributed by atoms with Crippen LogP contribution in [0.2, 0.25) is 0 Å². The van der Waals surface area contributed by atoms with Crippen molar-refractivity contribution in [2.45, 2.75) is 0 Å². The highest BCUT2D eigenvalue weighted by Crippen LogP contribution is 2.07. The molecule has 1 aromatic carbocycles. The Morgan fingerprint density at radius 2 is 2.04 bits per heavy atom. The molecule has 0 atom stereocenters. The van der Waals surface area contributed by atoms with Gasteiger partial charge in [0.05, 0.1) is 27.3 Å². The number of aromatic nitrogens is 3. The van der Waals surface area contributed by atoms with Crippen LogP contribution in [0.5, 0.6) is 0 Å². The van der Waals surface area contributed by atoms with E-state index in [0.29, 0.717) is 9.20 Å². The van der Waals surface area contributed by atoms with Crippen molar-refractivity contribution in [2.75, 3.05) is 0 Å². The Labute approximate surface area is 151 Å². The second kappa shape index (κ2) is 6.81. The Bertz CT molecular complexity index is 1220. The second-order valence-electron chi connectivity index (χ2n) is 5.47. The van der Waals surface area contributed by atoms with Gasteiger partial charge in [-0.05, 0) is 30.3 Å². The standard InChI is InChI=1S/C19H13N3O3S/c23-15(16-7-4-8-25-16)10-18-21-19(24)17(26-18)9-13-11-20-22(12-13)14-5-2-1-3-6-14/h1-12H,(H,21,24)/b17-9+,18-10+. The smallest absolute Gasteiger partial charge is 0.266 e. The summed E-state index contributed by atoms with van der Waals surface area (Å²) in [5.41, 5.74) is 1.48. The van der Waals surface area contributed by atoms with E-state index in [2.05, 4.69) is 10.1 Å². The van der Waals surface area contributed by atoms with E-state index in [1.54, 1.807) is 29.1 Å². The molecule has 7 heteroatoms. The molecule has 0 amide bonds. The van der Waals surface area contributed by atoms with Gasteiger partial charge in [0.15, 0.2) is 5.76 Å². The lowest BCUT2D eigenvalue weighted by molar-refractivity contribution is 0.103. The second-order valence-corrected chi connectivity index (χ2v) is 6.55. The molecule has 26 heavy (non-hydrogen) atoms. The highest BCUT2D eigenvalue weighted by molar-refractivity contribution is 7.07. The average Bonchev–Trinajstić information content (AvgIpc) is 3.39. The Kier molecular flexibility index (Phi) is 4.20. The van der Waals surface area contributed by atoms with Crippen molar-refractivity contribution in [2.24, 2.45) is 0 Å². The molecule has 6 nitrogen and oxygen atoms in total. The van der Waals surface area contributed by atoms with Crippen LogP contribution < -0.4 is 14.8 Å². The summed E-state index contributed by atoms with van der Waals surface area (Å²) in [5, 5.41) is 4.30. The van der Waals surface area contributed by atoms with Crippen molar-refractivity contribution in [1.82, 2.24) is 14.8 Å². The summed E-state index contributed by atoms with van der Waals surface area (Å²) < 4.78 is 7.76. The molecule has 4 rings (SSSR count). The number of aromatic amines is 1. The normalized spacial score (nSPS) is 12.6. The van der Waals surface area contributed by atoms with E-state index in [-0.39, 0.29) is 17.1 Å². The van der Waals surface area contributed by atoms with E-state index in [0.717, 1.165) is 11.3 Å². The molecule has 0 aliphatic heterocycles. The molecule has 0 unspecified atom stereocenters. The SMILES string of the molecule is O=C(/C=c1\[nH]c(=O)/c(=C\c2cnn(-c3ccccc3)c2)s1)c1ccco1. The number of Topliss-reactive ketones (excluding diaryl/α,β-unsaturated/α-hetero) is 1. The fourth-order valence-electron chi connectivity index (χ4n) is 2.42.